The van der Waals surface area contributed by atoms with Gasteiger partial charge in [-0.1, -0.05) is 44.0 Å². The summed E-state index contributed by atoms with van der Waals surface area (Å²) in [6.45, 7) is 4.73. The first-order chi connectivity index (χ1) is 8.04. The number of nitrogens with zero attached hydrogens (tertiary/aromatic N) is 1. The number of hydrogen-bond donors (Lipinski definition) is 0. The highest BCUT2D eigenvalue weighted by atomic mass is 35.5. The van der Waals surface area contributed by atoms with E-state index in [1.165, 1.54) is 0 Å². The summed E-state index contributed by atoms with van der Waals surface area (Å²) >= 11 is 5.82. The highest BCUT2D eigenvalue weighted by Crippen LogP contribution is 2.13. The molecule has 0 aromatic heterocycles. The quantitative estimate of drug-likeness (QED) is 0.783. The van der Waals surface area contributed by atoms with E-state index in [4.69, 9.17) is 11.6 Å². The highest BCUT2D eigenvalue weighted by Gasteiger charge is 2.16. The van der Waals surface area contributed by atoms with Crippen molar-refractivity contribution in [2.24, 2.45) is 5.92 Å². The first kappa shape index (κ1) is 14.0. The summed E-state index contributed by atoms with van der Waals surface area (Å²) in [7, 11) is 1.85. The molecule has 0 aliphatic rings. The van der Waals surface area contributed by atoms with E-state index in [9.17, 15) is 4.79 Å². The van der Waals surface area contributed by atoms with Crippen LogP contribution >= 0.6 is 11.6 Å². The molecule has 1 rings (SSSR count). The molecule has 0 radical (unpaired) electrons. The molecule has 1 atom stereocenters. The maximum absolute atomic E-state index is 12.0. The van der Waals surface area contributed by atoms with Crippen LogP contribution < -0.4 is 0 Å². The molecule has 17 heavy (non-hydrogen) atoms. The Bertz CT molecular complexity index is 361. The summed E-state index contributed by atoms with van der Waals surface area (Å²) in [5, 5.41) is 0.724. The Morgan fingerprint density at radius 1 is 1.35 bits per heavy atom. The van der Waals surface area contributed by atoms with Crippen molar-refractivity contribution < 1.29 is 4.79 Å². The molecule has 0 heterocycles. The normalized spacial score (nSPS) is 12.2. The summed E-state index contributed by atoms with van der Waals surface area (Å²) in [6.07, 6.45) is 1.99. The number of benzene rings is 1. The number of hydrogen-bond acceptors (Lipinski definition) is 1. The Balaban J connectivity index is 2.56. The lowest BCUT2D eigenvalue weighted by molar-refractivity contribution is -0.134. The molecule has 3 heteroatoms. The van der Waals surface area contributed by atoms with Gasteiger partial charge in [0.05, 0.1) is 0 Å². The van der Waals surface area contributed by atoms with E-state index in [0.29, 0.717) is 6.54 Å². The van der Waals surface area contributed by atoms with Gasteiger partial charge in [-0.2, -0.15) is 0 Å². The molecule has 0 fully saturated rings. The summed E-state index contributed by atoms with van der Waals surface area (Å²) in [6, 6.07) is 7.61. The molecule has 0 aliphatic carbocycles. The van der Waals surface area contributed by atoms with Crippen LogP contribution in [0.1, 0.15) is 32.3 Å². The summed E-state index contributed by atoms with van der Waals surface area (Å²) in [5.41, 5.74) is 1.11. The zero-order valence-corrected chi connectivity index (χ0v) is 11.5. The third-order valence-corrected chi connectivity index (χ3v) is 3.10. The minimum Gasteiger partial charge on any atom is -0.341 e. The van der Waals surface area contributed by atoms with Gasteiger partial charge in [0.2, 0.25) is 5.91 Å². The first-order valence-electron chi connectivity index (χ1n) is 6.04. The van der Waals surface area contributed by atoms with Gasteiger partial charge in [0, 0.05) is 24.5 Å². The molecule has 0 saturated heterocycles. The van der Waals surface area contributed by atoms with Gasteiger partial charge in [0.1, 0.15) is 0 Å². The van der Waals surface area contributed by atoms with E-state index in [0.717, 1.165) is 23.4 Å². The minimum atomic E-state index is 0.109. The average Bonchev–Trinajstić information content (AvgIpc) is 2.31. The lowest BCUT2D eigenvalue weighted by Gasteiger charge is -2.21. The van der Waals surface area contributed by atoms with Crippen molar-refractivity contribution in [2.45, 2.75) is 33.2 Å². The van der Waals surface area contributed by atoms with Gasteiger partial charge in [-0.3, -0.25) is 4.79 Å². The molecular formula is C14H20ClNO. The molecule has 0 aliphatic heterocycles. The van der Waals surface area contributed by atoms with Gasteiger partial charge in [-0.15, -0.1) is 0 Å². The van der Waals surface area contributed by atoms with Crippen LogP contribution in [0.15, 0.2) is 24.3 Å². The number of rotatable bonds is 5. The van der Waals surface area contributed by atoms with Crippen LogP contribution in [0.3, 0.4) is 0 Å². The molecule has 1 aromatic rings. The monoisotopic (exact) mass is 253 g/mol. The molecule has 94 valence electrons. The zero-order chi connectivity index (χ0) is 12.8. The van der Waals surface area contributed by atoms with Gasteiger partial charge in [-0.25, -0.2) is 0 Å². The van der Waals surface area contributed by atoms with Crippen LogP contribution in [0, 0.1) is 5.92 Å². The maximum Gasteiger partial charge on any atom is 0.225 e. The molecule has 0 bridgehead atoms. The van der Waals surface area contributed by atoms with E-state index in [2.05, 4.69) is 6.92 Å². The number of amides is 1. The topological polar surface area (TPSA) is 20.3 Å². The number of carbonyl (C=O) groups excluding carboxylic acids is 1. The smallest absolute Gasteiger partial charge is 0.225 e. The van der Waals surface area contributed by atoms with Gasteiger partial charge >= 0.3 is 0 Å². The second kappa shape index (κ2) is 6.65. The SMILES string of the molecule is CCCC(C)C(=O)N(C)Cc1ccc(Cl)cc1. The molecule has 0 N–H and O–H groups in total. The third-order valence-electron chi connectivity index (χ3n) is 2.85. The minimum absolute atomic E-state index is 0.109. The molecule has 0 saturated carbocycles. The Morgan fingerprint density at radius 3 is 2.47 bits per heavy atom. The van der Waals surface area contributed by atoms with Crippen molar-refractivity contribution in [3.05, 3.63) is 34.9 Å². The average molecular weight is 254 g/mol. The second-order valence-corrected chi connectivity index (χ2v) is 4.95. The summed E-state index contributed by atoms with van der Waals surface area (Å²) < 4.78 is 0. The number of halogens is 1. The summed E-state index contributed by atoms with van der Waals surface area (Å²) in [4.78, 5) is 13.8. The molecule has 1 unspecified atom stereocenters. The van der Waals surface area contributed by atoms with Crippen LogP contribution in [0.5, 0.6) is 0 Å². The molecule has 0 spiro atoms. The fraction of sp³-hybridized carbons (Fsp3) is 0.500. The van der Waals surface area contributed by atoms with Crippen molar-refractivity contribution in [2.75, 3.05) is 7.05 Å². The van der Waals surface area contributed by atoms with Gasteiger partial charge in [0.15, 0.2) is 0 Å². The highest BCUT2D eigenvalue weighted by molar-refractivity contribution is 6.30. The van der Waals surface area contributed by atoms with Gasteiger partial charge in [-0.05, 0) is 24.1 Å². The van der Waals surface area contributed by atoms with Crippen LogP contribution in [0.4, 0.5) is 0 Å². The van der Waals surface area contributed by atoms with Crippen molar-refractivity contribution in [1.29, 1.82) is 0 Å². The van der Waals surface area contributed by atoms with Crippen LogP contribution in [0.2, 0.25) is 5.02 Å². The van der Waals surface area contributed by atoms with E-state index in [-0.39, 0.29) is 11.8 Å². The van der Waals surface area contributed by atoms with Gasteiger partial charge < -0.3 is 4.90 Å². The first-order valence-corrected chi connectivity index (χ1v) is 6.41. The lowest BCUT2D eigenvalue weighted by atomic mass is 10.0. The number of carbonyl (C=O) groups is 1. The predicted molar refractivity (Wildman–Crippen MR) is 72.0 cm³/mol. The van der Waals surface area contributed by atoms with E-state index < -0.39 is 0 Å². The Morgan fingerprint density at radius 2 is 1.94 bits per heavy atom. The van der Waals surface area contributed by atoms with Crippen molar-refractivity contribution in [1.82, 2.24) is 4.90 Å². The van der Waals surface area contributed by atoms with Crippen LogP contribution in [-0.4, -0.2) is 17.9 Å². The van der Waals surface area contributed by atoms with E-state index >= 15 is 0 Å². The zero-order valence-electron chi connectivity index (χ0n) is 10.7. The summed E-state index contributed by atoms with van der Waals surface area (Å²) in [5.74, 6) is 0.319. The van der Waals surface area contributed by atoms with Crippen molar-refractivity contribution in [3.8, 4) is 0 Å². The predicted octanol–water partition coefficient (Wildman–Crippen LogP) is 3.73. The standard InChI is InChI=1S/C14H20ClNO/c1-4-5-11(2)14(17)16(3)10-12-6-8-13(15)9-7-12/h6-9,11H,4-5,10H2,1-3H3. The Labute approximate surface area is 109 Å². The molecule has 2 nitrogen and oxygen atoms in total. The third kappa shape index (κ3) is 4.39. The largest absolute Gasteiger partial charge is 0.341 e. The van der Waals surface area contributed by atoms with Gasteiger partial charge in [0.25, 0.3) is 0 Å². The molecule has 1 aromatic carbocycles. The van der Waals surface area contributed by atoms with E-state index in [1.54, 1.807) is 4.90 Å². The van der Waals surface area contributed by atoms with Crippen molar-refractivity contribution in [3.63, 3.8) is 0 Å². The maximum atomic E-state index is 12.0. The Kier molecular flexibility index (Phi) is 5.49. The second-order valence-electron chi connectivity index (χ2n) is 4.51. The fourth-order valence-corrected chi connectivity index (χ4v) is 2.00. The lowest BCUT2D eigenvalue weighted by Crippen LogP contribution is -2.31. The van der Waals surface area contributed by atoms with Crippen LogP contribution in [-0.2, 0) is 11.3 Å². The van der Waals surface area contributed by atoms with E-state index in [1.807, 2.05) is 38.2 Å². The molecular weight excluding hydrogens is 234 g/mol. The Hall–Kier alpha value is -1.02. The fourth-order valence-electron chi connectivity index (χ4n) is 1.87. The van der Waals surface area contributed by atoms with Crippen molar-refractivity contribution >= 4 is 17.5 Å². The molecule has 1 amide bonds. The van der Waals surface area contributed by atoms with Crippen LogP contribution in [0.25, 0.3) is 0 Å².